The maximum Gasteiger partial charge on any atom is 0.183 e. The molecular weight excluding hydrogens is 270 g/mol. The summed E-state index contributed by atoms with van der Waals surface area (Å²) in [5.41, 5.74) is 2.55. The van der Waals surface area contributed by atoms with Crippen molar-refractivity contribution in [2.45, 2.75) is 27.7 Å². The van der Waals surface area contributed by atoms with Crippen molar-refractivity contribution in [1.82, 2.24) is 0 Å². The Morgan fingerprint density at radius 2 is 1.71 bits per heavy atom. The monoisotopic (exact) mass is 288 g/mol. The largest absolute Gasteiger partial charge is 0.352 e. The van der Waals surface area contributed by atoms with E-state index in [1.54, 1.807) is 6.07 Å². The van der Waals surface area contributed by atoms with Gasteiger partial charge in [-0.2, -0.15) is 5.26 Å². The first-order valence-corrected chi connectivity index (χ1v) is 6.75. The summed E-state index contributed by atoms with van der Waals surface area (Å²) < 4.78 is 27.0. The van der Waals surface area contributed by atoms with Gasteiger partial charge in [-0.3, -0.25) is 0 Å². The van der Waals surface area contributed by atoms with Crippen LogP contribution in [0.5, 0.6) is 0 Å². The predicted molar refractivity (Wildman–Crippen MR) is 81.6 cm³/mol. The molecule has 21 heavy (non-hydrogen) atoms. The zero-order valence-electron chi connectivity index (χ0n) is 12.6. The van der Waals surface area contributed by atoms with Gasteiger partial charge in [-0.25, -0.2) is 8.78 Å². The second-order valence-electron chi connectivity index (χ2n) is 4.34. The van der Waals surface area contributed by atoms with Crippen molar-refractivity contribution in [1.29, 1.82) is 5.26 Å². The van der Waals surface area contributed by atoms with E-state index in [9.17, 15) is 8.78 Å². The fourth-order valence-corrected chi connectivity index (χ4v) is 1.85. The standard InChI is InChI=1S/C15H12F2N2.C2H6/c1-9-3-6-13(10(2)7-9)19-15-11(8-18)4-5-12(16)14(15)17;1-2/h3-7,19H,1-2H3;1-2H3. The van der Waals surface area contributed by atoms with Crippen LogP contribution in [0.3, 0.4) is 0 Å². The van der Waals surface area contributed by atoms with Crippen LogP contribution in [-0.4, -0.2) is 0 Å². The fourth-order valence-electron chi connectivity index (χ4n) is 1.85. The molecule has 2 aromatic carbocycles. The molecule has 0 saturated carbocycles. The molecule has 0 aliphatic rings. The van der Waals surface area contributed by atoms with Crippen LogP contribution in [0.25, 0.3) is 0 Å². The van der Waals surface area contributed by atoms with E-state index in [-0.39, 0.29) is 11.3 Å². The van der Waals surface area contributed by atoms with Gasteiger partial charge in [0.15, 0.2) is 11.6 Å². The lowest BCUT2D eigenvalue weighted by molar-refractivity contribution is 0.511. The van der Waals surface area contributed by atoms with Crippen LogP contribution in [0.1, 0.15) is 30.5 Å². The number of hydrogen-bond donors (Lipinski definition) is 1. The van der Waals surface area contributed by atoms with Crippen LogP contribution in [0.2, 0.25) is 0 Å². The van der Waals surface area contributed by atoms with Gasteiger partial charge in [-0.15, -0.1) is 0 Å². The average molecular weight is 288 g/mol. The minimum absolute atomic E-state index is 0.0684. The van der Waals surface area contributed by atoms with Crippen molar-refractivity contribution in [2.24, 2.45) is 0 Å². The molecular formula is C17H18F2N2. The molecule has 0 aromatic heterocycles. The lowest BCUT2D eigenvalue weighted by atomic mass is 10.1. The summed E-state index contributed by atoms with van der Waals surface area (Å²) >= 11 is 0. The Morgan fingerprint density at radius 3 is 2.29 bits per heavy atom. The molecule has 0 spiro atoms. The summed E-state index contributed by atoms with van der Waals surface area (Å²) in [6.45, 7) is 7.80. The van der Waals surface area contributed by atoms with Gasteiger partial charge in [-0.1, -0.05) is 31.5 Å². The van der Waals surface area contributed by atoms with E-state index in [0.29, 0.717) is 5.69 Å². The molecule has 0 aliphatic carbocycles. The zero-order chi connectivity index (χ0) is 16.0. The Kier molecular flexibility index (Phi) is 5.86. The van der Waals surface area contributed by atoms with Crippen molar-refractivity contribution in [3.05, 3.63) is 58.7 Å². The molecule has 0 fully saturated rings. The van der Waals surface area contributed by atoms with E-state index in [1.165, 1.54) is 6.07 Å². The molecule has 0 heterocycles. The van der Waals surface area contributed by atoms with Gasteiger partial charge in [0.05, 0.1) is 11.3 Å². The van der Waals surface area contributed by atoms with E-state index >= 15 is 0 Å². The van der Waals surface area contributed by atoms with Crippen LogP contribution in [0, 0.1) is 36.8 Å². The number of nitrogens with zero attached hydrogens (tertiary/aromatic N) is 1. The summed E-state index contributed by atoms with van der Waals surface area (Å²) in [5.74, 6) is -2.02. The number of benzene rings is 2. The van der Waals surface area contributed by atoms with Crippen molar-refractivity contribution in [2.75, 3.05) is 5.32 Å². The minimum Gasteiger partial charge on any atom is -0.352 e. The Balaban J connectivity index is 0.00000106. The van der Waals surface area contributed by atoms with Gasteiger partial charge in [0.1, 0.15) is 6.07 Å². The first kappa shape index (κ1) is 16.6. The van der Waals surface area contributed by atoms with Crippen LogP contribution >= 0.6 is 0 Å². The molecule has 0 aliphatic heterocycles. The quantitative estimate of drug-likeness (QED) is 0.822. The highest BCUT2D eigenvalue weighted by Crippen LogP contribution is 2.27. The molecule has 2 nitrogen and oxygen atoms in total. The van der Waals surface area contributed by atoms with E-state index in [1.807, 2.05) is 45.9 Å². The third-order valence-corrected chi connectivity index (χ3v) is 2.86. The minimum atomic E-state index is -1.04. The summed E-state index contributed by atoms with van der Waals surface area (Å²) in [6, 6.07) is 9.60. The molecule has 110 valence electrons. The Morgan fingerprint density at radius 1 is 1.05 bits per heavy atom. The summed E-state index contributed by atoms with van der Waals surface area (Å²) in [7, 11) is 0. The van der Waals surface area contributed by atoms with Crippen LogP contribution < -0.4 is 5.32 Å². The highest BCUT2D eigenvalue weighted by molar-refractivity contribution is 5.69. The molecule has 2 rings (SSSR count). The van der Waals surface area contributed by atoms with Crippen molar-refractivity contribution >= 4 is 11.4 Å². The molecule has 0 amide bonds. The Hall–Kier alpha value is -2.41. The fraction of sp³-hybridized carbons (Fsp3) is 0.235. The first-order valence-electron chi connectivity index (χ1n) is 6.75. The van der Waals surface area contributed by atoms with E-state index < -0.39 is 11.6 Å². The third-order valence-electron chi connectivity index (χ3n) is 2.86. The zero-order valence-corrected chi connectivity index (χ0v) is 12.6. The number of rotatable bonds is 2. The second-order valence-corrected chi connectivity index (χ2v) is 4.34. The van der Waals surface area contributed by atoms with Crippen molar-refractivity contribution in [3.8, 4) is 6.07 Å². The molecule has 2 aromatic rings. The SMILES string of the molecule is CC.Cc1ccc(Nc2c(C#N)ccc(F)c2F)c(C)c1. The van der Waals surface area contributed by atoms with Gasteiger partial charge >= 0.3 is 0 Å². The maximum atomic E-state index is 13.8. The van der Waals surface area contributed by atoms with Crippen LogP contribution in [0.4, 0.5) is 20.2 Å². The normalized spacial score (nSPS) is 9.38. The highest BCUT2D eigenvalue weighted by Gasteiger charge is 2.14. The lowest BCUT2D eigenvalue weighted by Crippen LogP contribution is -2.01. The Bertz CT molecular complexity index is 673. The predicted octanol–water partition coefficient (Wildman–Crippen LogP) is 5.22. The average Bonchev–Trinajstić information content (AvgIpc) is 2.48. The number of anilines is 2. The smallest absolute Gasteiger partial charge is 0.183 e. The number of hydrogen-bond acceptors (Lipinski definition) is 2. The second kappa shape index (κ2) is 7.39. The number of nitrogens with one attached hydrogen (secondary N) is 1. The summed E-state index contributed by atoms with van der Waals surface area (Å²) in [6.07, 6.45) is 0. The van der Waals surface area contributed by atoms with Gasteiger partial charge in [0, 0.05) is 5.69 Å². The van der Waals surface area contributed by atoms with E-state index in [4.69, 9.17) is 5.26 Å². The maximum absolute atomic E-state index is 13.8. The molecule has 0 radical (unpaired) electrons. The summed E-state index contributed by atoms with van der Waals surface area (Å²) in [5, 5.41) is 11.7. The molecule has 0 atom stereocenters. The lowest BCUT2D eigenvalue weighted by Gasteiger charge is -2.12. The van der Waals surface area contributed by atoms with Gasteiger partial charge in [-0.05, 0) is 37.6 Å². The van der Waals surface area contributed by atoms with Crippen molar-refractivity contribution < 1.29 is 8.78 Å². The Labute approximate surface area is 124 Å². The van der Waals surface area contributed by atoms with Gasteiger partial charge in [0.2, 0.25) is 0 Å². The van der Waals surface area contributed by atoms with Gasteiger partial charge in [0.25, 0.3) is 0 Å². The highest BCUT2D eigenvalue weighted by atomic mass is 19.2. The van der Waals surface area contributed by atoms with Gasteiger partial charge < -0.3 is 5.32 Å². The van der Waals surface area contributed by atoms with Crippen LogP contribution in [0.15, 0.2) is 30.3 Å². The third kappa shape index (κ3) is 3.79. The van der Waals surface area contributed by atoms with Crippen molar-refractivity contribution in [3.63, 3.8) is 0 Å². The molecule has 0 unspecified atom stereocenters. The molecule has 4 heteroatoms. The number of nitriles is 1. The summed E-state index contributed by atoms with van der Waals surface area (Å²) in [4.78, 5) is 0. The van der Waals surface area contributed by atoms with E-state index in [2.05, 4.69) is 5.32 Å². The topological polar surface area (TPSA) is 35.8 Å². The molecule has 1 N–H and O–H groups in total. The molecule has 0 bridgehead atoms. The number of halogens is 2. The van der Waals surface area contributed by atoms with E-state index in [0.717, 1.165) is 17.2 Å². The number of aryl methyl sites for hydroxylation is 2. The molecule has 0 saturated heterocycles. The van der Waals surface area contributed by atoms with Crippen LogP contribution in [-0.2, 0) is 0 Å². The first-order chi connectivity index (χ1) is 10.0.